The van der Waals surface area contributed by atoms with E-state index < -0.39 is 0 Å². The van der Waals surface area contributed by atoms with E-state index in [1.807, 2.05) is 13.8 Å². The molecule has 0 atom stereocenters. The molecule has 31 heavy (non-hydrogen) atoms. The number of nitrogens with two attached hydrogens (primary N) is 1. The Morgan fingerprint density at radius 2 is 1.65 bits per heavy atom. The van der Waals surface area contributed by atoms with Crippen molar-refractivity contribution in [3.05, 3.63) is 53.7 Å². The summed E-state index contributed by atoms with van der Waals surface area (Å²) in [7, 11) is 0. The van der Waals surface area contributed by atoms with Gasteiger partial charge in [-0.05, 0) is 58.9 Å². The Morgan fingerprint density at radius 3 is 2.23 bits per heavy atom. The second kappa shape index (κ2) is 9.56. The topological polar surface area (TPSA) is 70.6 Å². The largest absolute Gasteiger partial charge is 0.402 e. The maximum Gasteiger partial charge on any atom is 0.155 e. The van der Waals surface area contributed by atoms with Crippen molar-refractivity contribution >= 4 is 11.5 Å². The Kier molecular flexibility index (Phi) is 7.05. The highest BCUT2D eigenvalue weighted by Gasteiger charge is 2.23. The van der Waals surface area contributed by atoms with E-state index in [1.54, 1.807) is 24.5 Å². The SMILES string of the molecule is CC(=NC(C)(C)C)/C(CN1CCN(c2nccnc2-c2ccc(F)cc2)CC1)=C(/C)N. The van der Waals surface area contributed by atoms with E-state index in [4.69, 9.17) is 10.7 Å². The number of allylic oxidation sites excluding steroid dienone is 1. The van der Waals surface area contributed by atoms with Crippen LogP contribution < -0.4 is 10.6 Å². The Bertz CT molecular complexity index is 947. The van der Waals surface area contributed by atoms with E-state index in [0.29, 0.717) is 0 Å². The van der Waals surface area contributed by atoms with E-state index in [0.717, 1.165) is 66.8 Å². The number of piperazine rings is 1. The van der Waals surface area contributed by atoms with E-state index in [1.165, 1.54) is 12.1 Å². The van der Waals surface area contributed by atoms with Gasteiger partial charge in [0.1, 0.15) is 11.5 Å². The first kappa shape index (κ1) is 22.9. The van der Waals surface area contributed by atoms with Crippen LogP contribution in [-0.2, 0) is 0 Å². The number of benzene rings is 1. The molecule has 1 aromatic carbocycles. The van der Waals surface area contributed by atoms with E-state index in [2.05, 4.69) is 40.5 Å². The van der Waals surface area contributed by atoms with Crippen LogP contribution in [0.25, 0.3) is 11.3 Å². The number of hydrogen-bond acceptors (Lipinski definition) is 6. The van der Waals surface area contributed by atoms with Crippen LogP contribution in [0.1, 0.15) is 34.6 Å². The number of aliphatic imine (C=N–C) groups is 1. The average Bonchev–Trinajstić information content (AvgIpc) is 2.71. The molecule has 2 N–H and O–H groups in total. The summed E-state index contributed by atoms with van der Waals surface area (Å²) in [6.45, 7) is 14.5. The van der Waals surface area contributed by atoms with Crippen molar-refractivity contribution in [2.24, 2.45) is 10.7 Å². The van der Waals surface area contributed by atoms with Gasteiger partial charge < -0.3 is 10.6 Å². The van der Waals surface area contributed by atoms with E-state index >= 15 is 0 Å². The van der Waals surface area contributed by atoms with Gasteiger partial charge in [0.2, 0.25) is 0 Å². The molecule has 1 aliphatic rings. The maximum absolute atomic E-state index is 13.3. The van der Waals surface area contributed by atoms with E-state index in [-0.39, 0.29) is 11.4 Å². The minimum absolute atomic E-state index is 0.133. The molecule has 1 saturated heterocycles. The summed E-state index contributed by atoms with van der Waals surface area (Å²) in [4.78, 5) is 18.6. The highest BCUT2D eigenvalue weighted by molar-refractivity contribution is 5.99. The molecule has 0 unspecified atom stereocenters. The molecule has 2 heterocycles. The fourth-order valence-corrected chi connectivity index (χ4v) is 3.81. The van der Waals surface area contributed by atoms with Gasteiger partial charge in [-0.25, -0.2) is 9.37 Å². The third-order valence-corrected chi connectivity index (χ3v) is 5.27. The molecule has 0 aliphatic carbocycles. The summed E-state index contributed by atoms with van der Waals surface area (Å²) in [5, 5.41) is 0. The number of halogens is 1. The van der Waals surface area contributed by atoms with Crippen LogP contribution in [0.15, 0.2) is 52.9 Å². The van der Waals surface area contributed by atoms with E-state index in [9.17, 15) is 4.39 Å². The maximum atomic E-state index is 13.3. The van der Waals surface area contributed by atoms with Gasteiger partial charge in [0.05, 0.1) is 5.54 Å². The van der Waals surface area contributed by atoms with Crippen LogP contribution in [0.2, 0.25) is 0 Å². The number of aromatic nitrogens is 2. The third-order valence-electron chi connectivity index (χ3n) is 5.27. The average molecular weight is 425 g/mol. The Hall–Kier alpha value is -2.80. The zero-order valence-corrected chi connectivity index (χ0v) is 19.2. The van der Waals surface area contributed by atoms with Gasteiger partial charge in [-0.2, -0.15) is 0 Å². The summed E-state index contributed by atoms with van der Waals surface area (Å²) in [6, 6.07) is 6.40. The number of nitrogens with zero attached hydrogens (tertiary/aromatic N) is 5. The molecule has 1 aromatic heterocycles. The fraction of sp³-hybridized carbons (Fsp3) is 0.458. The summed E-state index contributed by atoms with van der Waals surface area (Å²) >= 11 is 0. The Balaban J connectivity index is 1.71. The van der Waals surface area contributed by atoms with Crippen LogP contribution in [0.3, 0.4) is 0 Å². The van der Waals surface area contributed by atoms with Crippen molar-refractivity contribution in [2.75, 3.05) is 37.6 Å². The van der Waals surface area contributed by atoms with Crippen LogP contribution in [-0.4, -0.2) is 58.8 Å². The van der Waals surface area contributed by atoms with Gasteiger partial charge in [-0.3, -0.25) is 14.9 Å². The standard InChI is InChI=1S/C24H33FN6/c1-17(26)21(18(2)29-24(3,4)5)16-30-12-14-31(15-13-30)23-22(27-10-11-28-23)19-6-8-20(25)9-7-19/h6-11H,12-16,26H2,1-5H3/b21-17-,29-18?. The molecule has 166 valence electrons. The van der Waals surface area contributed by atoms with Gasteiger partial charge in [0.25, 0.3) is 0 Å². The fourth-order valence-electron chi connectivity index (χ4n) is 3.81. The molecule has 0 bridgehead atoms. The van der Waals surface area contributed by atoms with Crippen molar-refractivity contribution in [2.45, 2.75) is 40.2 Å². The van der Waals surface area contributed by atoms with Gasteiger partial charge in [0.15, 0.2) is 5.82 Å². The first-order valence-electron chi connectivity index (χ1n) is 10.7. The summed E-state index contributed by atoms with van der Waals surface area (Å²) < 4.78 is 13.3. The van der Waals surface area contributed by atoms with Gasteiger partial charge in [-0.15, -0.1) is 0 Å². The molecule has 0 spiro atoms. The first-order valence-corrected chi connectivity index (χ1v) is 10.7. The molecular formula is C24H33FN6. The molecule has 3 rings (SSSR count). The normalized spacial score (nSPS) is 17.0. The molecule has 1 aliphatic heterocycles. The van der Waals surface area contributed by atoms with Gasteiger partial charge >= 0.3 is 0 Å². The zero-order chi connectivity index (χ0) is 22.6. The molecule has 0 radical (unpaired) electrons. The van der Waals surface area contributed by atoms with Crippen molar-refractivity contribution in [1.82, 2.24) is 14.9 Å². The van der Waals surface area contributed by atoms with Crippen LogP contribution in [0.5, 0.6) is 0 Å². The highest BCUT2D eigenvalue weighted by Crippen LogP contribution is 2.27. The van der Waals surface area contributed by atoms with Crippen molar-refractivity contribution in [3.63, 3.8) is 0 Å². The predicted molar refractivity (Wildman–Crippen MR) is 126 cm³/mol. The van der Waals surface area contributed by atoms with Crippen molar-refractivity contribution < 1.29 is 4.39 Å². The molecular weight excluding hydrogens is 391 g/mol. The van der Waals surface area contributed by atoms with Gasteiger partial charge in [-0.1, -0.05) is 0 Å². The van der Waals surface area contributed by atoms with Crippen LogP contribution >= 0.6 is 0 Å². The molecule has 2 aromatic rings. The minimum Gasteiger partial charge on any atom is -0.402 e. The highest BCUT2D eigenvalue weighted by atomic mass is 19.1. The minimum atomic E-state index is -0.257. The zero-order valence-electron chi connectivity index (χ0n) is 19.2. The summed E-state index contributed by atoms with van der Waals surface area (Å²) in [6.07, 6.45) is 3.39. The quantitative estimate of drug-likeness (QED) is 0.737. The molecule has 7 heteroatoms. The van der Waals surface area contributed by atoms with Crippen molar-refractivity contribution in [3.8, 4) is 11.3 Å². The lowest BCUT2D eigenvalue weighted by Crippen LogP contribution is -2.48. The lowest BCUT2D eigenvalue weighted by atomic mass is 10.1. The second-order valence-corrected chi connectivity index (χ2v) is 9.03. The lowest BCUT2D eigenvalue weighted by Gasteiger charge is -2.36. The predicted octanol–water partition coefficient (Wildman–Crippen LogP) is 3.90. The van der Waals surface area contributed by atoms with Crippen molar-refractivity contribution in [1.29, 1.82) is 0 Å². The second-order valence-electron chi connectivity index (χ2n) is 9.03. The first-order chi connectivity index (χ1) is 14.6. The van der Waals surface area contributed by atoms with Crippen LogP contribution in [0.4, 0.5) is 10.2 Å². The molecule has 0 amide bonds. The summed E-state index contributed by atoms with van der Waals surface area (Å²) in [5.74, 6) is 0.581. The smallest absolute Gasteiger partial charge is 0.155 e. The summed E-state index contributed by atoms with van der Waals surface area (Å²) in [5.41, 5.74) is 10.6. The molecule has 0 saturated carbocycles. The monoisotopic (exact) mass is 424 g/mol. The lowest BCUT2D eigenvalue weighted by molar-refractivity contribution is 0.279. The number of hydrogen-bond donors (Lipinski definition) is 1. The third kappa shape index (κ3) is 6.10. The number of anilines is 1. The Morgan fingerprint density at radius 1 is 1.03 bits per heavy atom. The Labute approximate surface area is 184 Å². The molecule has 1 fully saturated rings. The number of rotatable bonds is 5. The molecule has 6 nitrogen and oxygen atoms in total. The van der Waals surface area contributed by atoms with Crippen LogP contribution in [0, 0.1) is 5.82 Å². The van der Waals surface area contributed by atoms with Gasteiger partial charge in [0, 0.05) is 67.7 Å².